The molecule has 2 saturated heterocycles. The first-order valence-electron chi connectivity index (χ1n) is 10.9. The molecule has 0 bridgehead atoms. The summed E-state index contributed by atoms with van der Waals surface area (Å²) in [7, 11) is 3.44. The fourth-order valence-corrected chi connectivity index (χ4v) is 6.24. The number of rotatable bonds is 10. The molecule has 172 valence electrons. The quantitative estimate of drug-likeness (QED) is 0.219. The Balaban J connectivity index is 1.75. The summed E-state index contributed by atoms with van der Waals surface area (Å²) >= 11 is 1.48. The van der Waals surface area contributed by atoms with Gasteiger partial charge in [0.2, 0.25) is 11.8 Å². The summed E-state index contributed by atoms with van der Waals surface area (Å²) in [6.07, 6.45) is 3.86. The van der Waals surface area contributed by atoms with Gasteiger partial charge in [-0.2, -0.15) is 0 Å². The van der Waals surface area contributed by atoms with Crippen LogP contribution in [0.3, 0.4) is 0 Å². The number of carbonyl (C=O) groups is 3. The van der Waals surface area contributed by atoms with Crippen molar-refractivity contribution < 1.29 is 19.5 Å². The number of carbonyl (C=O) groups excluding carboxylic acids is 2. The Morgan fingerprint density at radius 2 is 2.16 bits per heavy atom. The third-order valence-electron chi connectivity index (χ3n) is 6.39. The van der Waals surface area contributed by atoms with E-state index in [-0.39, 0.29) is 40.8 Å². The predicted molar refractivity (Wildman–Crippen MR) is 120 cm³/mol. The van der Waals surface area contributed by atoms with Crippen molar-refractivity contribution in [1.29, 1.82) is 5.41 Å². The largest absolute Gasteiger partial charge is 0.477 e. The first-order valence-corrected chi connectivity index (χ1v) is 11.8. The van der Waals surface area contributed by atoms with Gasteiger partial charge in [-0.3, -0.25) is 9.59 Å². The van der Waals surface area contributed by atoms with Crippen molar-refractivity contribution in [3.05, 3.63) is 10.6 Å². The SMILES string of the molecule is CCCCN[C@H](C=N)C1C(=O)N2C(C(=O)O)=C(SC3CN[C@H](C(=O)N(C)C)C3)[C@H](C)[C@H]12. The first-order chi connectivity index (χ1) is 14.7. The minimum Gasteiger partial charge on any atom is -0.477 e. The fraction of sp³-hybridized carbons (Fsp3) is 0.714. The van der Waals surface area contributed by atoms with Crippen molar-refractivity contribution in [2.75, 3.05) is 27.2 Å². The molecule has 0 aromatic heterocycles. The average molecular weight is 452 g/mol. The number of nitrogens with zero attached hydrogens (tertiary/aromatic N) is 2. The Hall–Kier alpha value is -1.91. The van der Waals surface area contributed by atoms with Crippen LogP contribution in [-0.4, -0.2) is 89.5 Å². The smallest absolute Gasteiger partial charge is 0.353 e. The molecule has 4 N–H and O–H groups in total. The van der Waals surface area contributed by atoms with Gasteiger partial charge in [-0.25, -0.2) is 4.79 Å². The second kappa shape index (κ2) is 9.70. The minimum atomic E-state index is -1.10. The number of carboxylic acids is 1. The maximum atomic E-state index is 12.9. The van der Waals surface area contributed by atoms with Crippen molar-refractivity contribution in [2.24, 2.45) is 11.8 Å². The highest BCUT2D eigenvalue weighted by Gasteiger charge is 2.60. The average Bonchev–Trinajstić information content (AvgIpc) is 3.28. The van der Waals surface area contributed by atoms with Crippen LogP contribution in [-0.2, 0) is 14.4 Å². The van der Waals surface area contributed by atoms with Crippen LogP contribution in [0.2, 0.25) is 0 Å². The van der Waals surface area contributed by atoms with E-state index in [0.717, 1.165) is 19.4 Å². The zero-order valence-corrected chi connectivity index (χ0v) is 19.4. The summed E-state index contributed by atoms with van der Waals surface area (Å²) in [5.74, 6) is -1.87. The molecule has 3 rings (SSSR count). The number of hydrogen-bond acceptors (Lipinski definition) is 7. The van der Waals surface area contributed by atoms with E-state index >= 15 is 0 Å². The van der Waals surface area contributed by atoms with E-state index in [9.17, 15) is 19.5 Å². The summed E-state index contributed by atoms with van der Waals surface area (Å²) in [5, 5.41) is 24.3. The van der Waals surface area contributed by atoms with Crippen LogP contribution in [0.1, 0.15) is 33.1 Å². The normalized spacial score (nSPS) is 30.8. The van der Waals surface area contributed by atoms with Crippen molar-refractivity contribution in [3.8, 4) is 0 Å². The maximum Gasteiger partial charge on any atom is 0.353 e. The fourth-order valence-electron chi connectivity index (χ4n) is 4.76. The standard InChI is InChI=1S/C21H33N5O4S/c1-5-6-7-23-14(9-22)15-16-11(2)18(17(21(29)30)26(16)20(15)28)31-12-8-13(24-10-12)19(27)25(3)4/h9,11-16,22-24H,5-8,10H2,1-4H3,(H,29,30)/t11-,12?,13+,14-,15?,16-/m1/s1. The Bertz CT molecular complexity index is 786. The van der Waals surface area contributed by atoms with Crippen molar-refractivity contribution >= 4 is 35.8 Å². The van der Waals surface area contributed by atoms with Gasteiger partial charge >= 0.3 is 5.97 Å². The van der Waals surface area contributed by atoms with Gasteiger partial charge in [-0.15, -0.1) is 11.8 Å². The van der Waals surface area contributed by atoms with Gasteiger partial charge in [-0.05, 0) is 19.4 Å². The zero-order valence-electron chi connectivity index (χ0n) is 18.6. The van der Waals surface area contributed by atoms with E-state index in [4.69, 9.17) is 5.41 Å². The molecule has 10 heteroatoms. The summed E-state index contributed by atoms with van der Waals surface area (Å²) < 4.78 is 0. The molecule has 0 saturated carbocycles. The predicted octanol–water partition coefficient (Wildman–Crippen LogP) is 0.719. The van der Waals surface area contributed by atoms with E-state index in [1.54, 1.807) is 19.0 Å². The molecule has 0 aromatic carbocycles. The molecule has 0 aliphatic carbocycles. The van der Waals surface area contributed by atoms with Gasteiger partial charge in [0, 0.05) is 42.9 Å². The van der Waals surface area contributed by atoms with Crippen LogP contribution in [0.25, 0.3) is 0 Å². The van der Waals surface area contributed by atoms with Crippen LogP contribution in [0.5, 0.6) is 0 Å². The molecule has 3 heterocycles. The number of hydrogen-bond donors (Lipinski definition) is 4. The molecular formula is C21H33N5O4S. The third-order valence-corrected chi connectivity index (χ3v) is 7.90. The van der Waals surface area contributed by atoms with E-state index in [1.165, 1.54) is 22.9 Å². The number of unbranched alkanes of at least 4 members (excludes halogenated alkanes) is 1. The van der Waals surface area contributed by atoms with E-state index < -0.39 is 17.9 Å². The number of aliphatic carboxylic acids is 1. The van der Waals surface area contributed by atoms with E-state index in [1.807, 2.05) is 6.92 Å². The van der Waals surface area contributed by atoms with Gasteiger partial charge in [0.25, 0.3) is 0 Å². The van der Waals surface area contributed by atoms with Crippen LogP contribution >= 0.6 is 11.8 Å². The van der Waals surface area contributed by atoms with Crippen LogP contribution < -0.4 is 10.6 Å². The second-order valence-corrected chi connectivity index (χ2v) is 10.0. The van der Waals surface area contributed by atoms with E-state index in [0.29, 0.717) is 17.9 Å². The molecule has 0 radical (unpaired) electrons. The van der Waals surface area contributed by atoms with Crippen molar-refractivity contribution in [2.45, 2.75) is 56.5 Å². The Labute approximate surface area is 187 Å². The van der Waals surface area contributed by atoms with Gasteiger partial charge in [0.15, 0.2) is 0 Å². The zero-order chi connectivity index (χ0) is 22.9. The highest BCUT2D eigenvalue weighted by atomic mass is 32.2. The number of thioether (sulfide) groups is 1. The highest BCUT2D eigenvalue weighted by molar-refractivity contribution is 8.03. The lowest BCUT2D eigenvalue weighted by Crippen LogP contribution is -2.66. The number of fused-ring (bicyclic) bond motifs is 1. The number of amides is 2. The molecule has 2 amide bonds. The molecule has 0 spiro atoms. The lowest BCUT2D eigenvalue weighted by molar-refractivity contribution is -0.157. The summed E-state index contributed by atoms with van der Waals surface area (Å²) in [6, 6.07) is -0.915. The second-order valence-electron chi connectivity index (χ2n) is 8.70. The summed E-state index contributed by atoms with van der Waals surface area (Å²) in [5.41, 5.74) is 0.0726. The van der Waals surface area contributed by atoms with E-state index in [2.05, 4.69) is 17.6 Å². The molecule has 9 nitrogen and oxygen atoms in total. The molecule has 2 fully saturated rings. The molecular weight excluding hydrogens is 418 g/mol. The van der Waals surface area contributed by atoms with Crippen LogP contribution in [0.15, 0.2) is 10.6 Å². The van der Waals surface area contributed by atoms with Crippen LogP contribution in [0, 0.1) is 17.2 Å². The highest BCUT2D eigenvalue weighted by Crippen LogP contribution is 2.51. The van der Waals surface area contributed by atoms with Crippen molar-refractivity contribution in [3.63, 3.8) is 0 Å². The summed E-state index contributed by atoms with van der Waals surface area (Å²) in [4.78, 5) is 41.0. The Morgan fingerprint density at radius 1 is 1.45 bits per heavy atom. The van der Waals surface area contributed by atoms with Crippen molar-refractivity contribution in [1.82, 2.24) is 20.4 Å². The topological polar surface area (TPSA) is 126 Å². The van der Waals surface area contributed by atoms with Gasteiger partial charge in [0.1, 0.15) is 5.70 Å². The first kappa shape index (κ1) is 23.7. The van der Waals surface area contributed by atoms with Gasteiger partial charge in [-0.1, -0.05) is 20.3 Å². The Morgan fingerprint density at radius 3 is 2.74 bits per heavy atom. The molecule has 3 aliphatic heterocycles. The van der Waals surface area contributed by atoms with Gasteiger partial charge in [0.05, 0.1) is 24.0 Å². The maximum absolute atomic E-state index is 12.9. The monoisotopic (exact) mass is 451 g/mol. The molecule has 6 atom stereocenters. The van der Waals surface area contributed by atoms with Crippen LogP contribution in [0.4, 0.5) is 0 Å². The molecule has 0 aromatic rings. The lowest BCUT2D eigenvalue weighted by atomic mass is 9.77. The number of nitrogens with one attached hydrogen (secondary N) is 3. The number of β-lactam (4-membered cyclic amide) rings is 1. The Kier molecular flexibility index (Phi) is 7.43. The molecule has 31 heavy (non-hydrogen) atoms. The lowest BCUT2D eigenvalue weighted by Gasteiger charge is -2.47. The third kappa shape index (κ3) is 4.38. The number of carboxylic acid groups (broad SMARTS) is 1. The number of likely N-dealkylation sites (N-methyl/N-ethyl adjacent to an activating group) is 1. The van der Waals surface area contributed by atoms with Gasteiger partial charge < -0.3 is 30.9 Å². The minimum absolute atomic E-state index is 0.0149. The molecule has 3 aliphatic rings. The summed E-state index contributed by atoms with van der Waals surface area (Å²) in [6.45, 7) is 5.38. The molecule has 2 unspecified atom stereocenters.